The van der Waals surface area contributed by atoms with Gasteiger partial charge in [-0.05, 0) is 46.6 Å². The number of rotatable bonds is 4. The molecular formula is C15H14BrF2N. The third kappa shape index (κ3) is 3.32. The Labute approximate surface area is 119 Å². The zero-order chi connectivity index (χ0) is 13.8. The Bertz CT molecular complexity index is 572. The van der Waals surface area contributed by atoms with Gasteiger partial charge in [0.2, 0.25) is 0 Å². The number of halogens is 3. The van der Waals surface area contributed by atoms with Crippen molar-refractivity contribution in [3.05, 3.63) is 64.1 Å². The van der Waals surface area contributed by atoms with Crippen LogP contribution in [-0.4, -0.2) is 0 Å². The van der Waals surface area contributed by atoms with Gasteiger partial charge in [-0.2, -0.15) is 0 Å². The zero-order valence-electron chi connectivity index (χ0n) is 10.5. The van der Waals surface area contributed by atoms with Gasteiger partial charge >= 0.3 is 0 Å². The van der Waals surface area contributed by atoms with Gasteiger partial charge in [-0.25, -0.2) is 8.78 Å². The largest absolute Gasteiger partial charge is 0.377 e. The lowest BCUT2D eigenvalue weighted by molar-refractivity contribution is 0.586. The summed E-state index contributed by atoms with van der Waals surface area (Å²) in [4.78, 5) is 0. The summed E-state index contributed by atoms with van der Waals surface area (Å²) in [5, 5.41) is 3.17. The molecule has 0 aliphatic heterocycles. The predicted octanol–water partition coefficient (Wildman–Crippen LogP) is 5.29. The van der Waals surface area contributed by atoms with Crippen LogP contribution in [0.25, 0.3) is 0 Å². The van der Waals surface area contributed by atoms with E-state index in [1.165, 1.54) is 18.2 Å². The summed E-state index contributed by atoms with van der Waals surface area (Å²) in [6, 6.07) is 10.8. The van der Waals surface area contributed by atoms with E-state index in [9.17, 15) is 8.78 Å². The summed E-state index contributed by atoms with van der Waals surface area (Å²) >= 11 is 3.36. The molecule has 19 heavy (non-hydrogen) atoms. The van der Waals surface area contributed by atoms with Crippen LogP contribution in [0.3, 0.4) is 0 Å². The first-order valence-electron chi connectivity index (χ1n) is 6.08. The first-order chi connectivity index (χ1) is 9.11. The molecule has 4 heteroatoms. The minimum Gasteiger partial charge on any atom is -0.377 e. The minimum absolute atomic E-state index is 0.195. The summed E-state index contributed by atoms with van der Waals surface area (Å²) in [7, 11) is 0. The maximum absolute atomic E-state index is 13.8. The van der Waals surface area contributed by atoms with E-state index in [2.05, 4.69) is 21.2 Å². The summed E-state index contributed by atoms with van der Waals surface area (Å²) in [6.07, 6.45) is 0.698. The number of hydrogen-bond acceptors (Lipinski definition) is 1. The Morgan fingerprint density at radius 2 is 1.89 bits per heavy atom. The van der Waals surface area contributed by atoms with Crippen LogP contribution < -0.4 is 5.32 Å². The van der Waals surface area contributed by atoms with Crippen LogP contribution in [0.5, 0.6) is 0 Å². The van der Waals surface area contributed by atoms with Gasteiger partial charge in [-0.3, -0.25) is 0 Å². The van der Waals surface area contributed by atoms with Crippen molar-refractivity contribution in [2.24, 2.45) is 0 Å². The fourth-order valence-electron chi connectivity index (χ4n) is 1.95. The fourth-order valence-corrected chi connectivity index (χ4v) is 2.31. The molecule has 2 rings (SSSR count). The van der Waals surface area contributed by atoms with Crippen molar-refractivity contribution in [3.8, 4) is 0 Å². The SMILES string of the molecule is CCC(Nc1cc(F)ccc1Br)c1ccccc1F. The Balaban J connectivity index is 2.29. The average Bonchev–Trinajstić information content (AvgIpc) is 2.41. The Hall–Kier alpha value is -1.42. The van der Waals surface area contributed by atoms with E-state index in [0.717, 1.165) is 4.47 Å². The van der Waals surface area contributed by atoms with Gasteiger partial charge in [0.1, 0.15) is 11.6 Å². The van der Waals surface area contributed by atoms with Gasteiger partial charge in [0.15, 0.2) is 0 Å². The lowest BCUT2D eigenvalue weighted by Gasteiger charge is -2.20. The van der Waals surface area contributed by atoms with E-state index < -0.39 is 0 Å². The maximum atomic E-state index is 13.8. The van der Waals surface area contributed by atoms with Crippen molar-refractivity contribution in [2.75, 3.05) is 5.32 Å². The van der Waals surface area contributed by atoms with Gasteiger partial charge in [0.05, 0.1) is 11.7 Å². The molecule has 0 aromatic heterocycles. The molecule has 0 saturated heterocycles. The molecule has 0 fully saturated rings. The topological polar surface area (TPSA) is 12.0 Å². The first-order valence-corrected chi connectivity index (χ1v) is 6.87. The molecule has 0 radical (unpaired) electrons. The molecule has 2 aromatic carbocycles. The molecular weight excluding hydrogens is 312 g/mol. The molecule has 0 heterocycles. The van der Waals surface area contributed by atoms with Gasteiger partial charge in [-0.15, -0.1) is 0 Å². The number of hydrogen-bond donors (Lipinski definition) is 1. The maximum Gasteiger partial charge on any atom is 0.128 e. The van der Waals surface area contributed by atoms with Gasteiger partial charge in [0, 0.05) is 10.0 Å². The molecule has 1 nitrogen and oxygen atoms in total. The number of benzene rings is 2. The summed E-state index contributed by atoms with van der Waals surface area (Å²) in [6.45, 7) is 1.96. The highest BCUT2D eigenvalue weighted by Crippen LogP contribution is 2.29. The van der Waals surface area contributed by atoms with Gasteiger partial charge in [-0.1, -0.05) is 25.1 Å². The van der Waals surface area contributed by atoms with Gasteiger partial charge < -0.3 is 5.32 Å². The number of anilines is 1. The highest BCUT2D eigenvalue weighted by Gasteiger charge is 2.14. The molecule has 1 atom stereocenters. The molecule has 100 valence electrons. The predicted molar refractivity (Wildman–Crippen MR) is 77.2 cm³/mol. The Morgan fingerprint density at radius 1 is 1.16 bits per heavy atom. The van der Waals surface area contributed by atoms with E-state index in [-0.39, 0.29) is 17.7 Å². The molecule has 1 unspecified atom stereocenters. The van der Waals surface area contributed by atoms with Crippen molar-refractivity contribution in [3.63, 3.8) is 0 Å². The zero-order valence-corrected chi connectivity index (χ0v) is 12.0. The number of nitrogens with one attached hydrogen (secondary N) is 1. The van der Waals surface area contributed by atoms with Crippen LogP contribution in [0, 0.1) is 11.6 Å². The molecule has 0 bridgehead atoms. The van der Waals surface area contributed by atoms with Crippen molar-refractivity contribution < 1.29 is 8.78 Å². The standard InChI is InChI=1S/C15H14BrF2N/c1-2-14(11-5-3-4-6-13(11)18)19-15-9-10(17)7-8-12(15)16/h3-9,14,19H,2H2,1H3. The van der Waals surface area contributed by atoms with E-state index in [1.54, 1.807) is 24.3 Å². The fraction of sp³-hybridized carbons (Fsp3) is 0.200. The molecule has 0 amide bonds. The smallest absolute Gasteiger partial charge is 0.128 e. The van der Waals surface area contributed by atoms with E-state index >= 15 is 0 Å². The third-order valence-corrected chi connectivity index (χ3v) is 3.64. The van der Waals surface area contributed by atoms with Crippen LogP contribution in [0.15, 0.2) is 46.9 Å². The Morgan fingerprint density at radius 3 is 2.58 bits per heavy atom. The van der Waals surface area contributed by atoms with Crippen LogP contribution in [0.4, 0.5) is 14.5 Å². The second kappa shape index (κ2) is 6.15. The van der Waals surface area contributed by atoms with Crippen LogP contribution in [-0.2, 0) is 0 Å². The van der Waals surface area contributed by atoms with Crippen LogP contribution in [0.2, 0.25) is 0 Å². The third-order valence-electron chi connectivity index (χ3n) is 2.95. The molecule has 0 saturated carbocycles. The monoisotopic (exact) mass is 325 g/mol. The molecule has 2 aromatic rings. The van der Waals surface area contributed by atoms with E-state index in [0.29, 0.717) is 17.7 Å². The summed E-state index contributed by atoms with van der Waals surface area (Å²) < 4.78 is 27.8. The van der Waals surface area contributed by atoms with Crippen molar-refractivity contribution in [1.29, 1.82) is 0 Å². The lowest BCUT2D eigenvalue weighted by atomic mass is 10.0. The van der Waals surface area contributed by atoms with E-state index in [1.807, 2.05) is 6.92 Å². The van der Waals surface area contributed by atoms with Crippen LogP contribution >= 0.6 is 15.9 Å². The quantitative estimate of drug-likeness (QED) is 0.805. The van der Waals surface area contributed by atoms with Crippen molar-refractivity contribution >= 4 is 21.6 Å². The highest BCUT2D eigenvalue weighted by molar-refractivity contribution is 9.10. The first kappa shape index (κ1) is 14.0. The molecule has 0 aliphatic carbocycles. The average molecular weight is 326 g/mol. The van der Waals surface area contributed by atoms with Crippen molar-refractivity contribution in [2.45, 2.75) is 19.4 Å². The molecule has 1 N–H and O–H groups in total. The molecule has 0 spiro atoms. The summed E-state index contributed by atoms with van der Waals surface area (Å²) in [5.74, 6) is -0.580. The summed E-state index contributed by atoms with van der Waals surface area (Å²) in [5.41, 5.74) is 1.20. The lowest BCUT2D eigenvalue weighted by Crippen LogP contribution is -2.12. The van der Waals surface area contributed by atoms with E-state index in [4.69, 9.17) is 0 Å². The van der Waals surface area contributed by atoms with Crippen LogP contribution in [0.1, 0.15) is 24.9 Å². The second-order valence-corrected chi connectivity index (χ2v) is 5.11. The Kier molecular flexibility index (Phi) is 4.53. The second-order valence-electron chi connectivity index (χ2n) is 4.25. The normalized spacial score (nSPS) is 12.2. The highest BCUT2D eigenvalue weighted by atomic mass is 79.9. The van der Waals surface area contributed by atoms with Crippen molar-refractivity contribution in [1.82, 2.24) is 0 Å². The van der Waals surface area contributed by atoms with Gasteiger partial charge in [0.25, 0.3) is 0 Å². The molecule has 0 aliphatic rings. The minimum atomic E-state index is -0.325.